The van der Waals surface area contributed by atoms with Crippen LogP contribution in [-0.4, -0.2) is 84.7 Å². The van der Waals surface area contributed by atoms with Crippen molar-refractivity contribution in [3.05, 3.63) is 97.6 Å². The van der Waals surface area contributed by atoms with Crippen LogP contribution in [0.25, 0.3) is 22.2 Å². The molecule has 4 aromatic rings. The first kappa shape index (κ1) is 40.2. The molecule has 2 heterocycles. The number of fused-ring (bicyclic) bond motifs is 1. The third kappa shape index (κ3) is 8.49. The molecule has 14 nitrogen and oxygen atoms in total. The van der Waals surface area contributed by atoms with Gasteiger partial charge in [0.1, 0.15) is 41.0 Å². The standard InChI is InChI=1S/C43H47N5O9S/c1-6-27-24-43(27,40(51)47-58(53,54)31-18-19-31)46-38(49)35-22-30(25-48(35)39(50)37(42(2,3)4)45-41(52)57-28-15-11-8-12-16-28)56-36-23-33(26-13-9-7-10-14-26)44-34-21-29(55-5)17-20-32(34)36/h6-17,20-21,23,27,30-31,35,37H,1,18-19,22,24-25H2,2-5H3,(H,45,52)(H,46,49)(H,47,51)/t27-,30-,35+,37-,43-/m1/s1. The van der Waals surface area contributed by atoms with E-state index in [9.17, 15) is 27.6 Å². The molecule has 2 aliphatic carbocycles. The number of amides is 4. The maximum absolute atomic E-state index is 14.7. The number of carbonyl (C=O) groups is 4. The summed E-state index contributed by atoms with van der Waals surface area (Å²) in [6, 6.07) is 22.8. The number of nitrogens with one attached hydrogen (secondary N) is 3. The molecule has 7 rings (SSSR count). The minimum atomic E-state index is -3.93. The normalized spacial score (nSPS) is 22.0. The minimum Gasteiger partial charge on any atom is -0.497 e. The average molecular weight is 810 g/mol. The molecule has 1 aliphatic heterocycles. The highest BCUT2D eigenvalue weighted by atomic mass is 32.2. The molecule has 0 spiro atoms. The minimum absolute atomic E-state index is 0.000364. The van der Waals surface area contributed by atoms with E-state index in [0.29, 0.717) is 40.9 Å². The Balaban J connectivity index is 1.21. The van der Waals surface area contributed by atoms with Crippen LogP contribution in [0, 0.1) is 11.3 Å². The maximum atomic E-state index is 14.7. The van der Waals surface area contributed by atoms with Gasteiger partial charge in [0.15, 0.2) is 0 Å². The summed E-state index contributed by atoms with van der Waals surface area (Å²) in [5, 5.41) is 5.54. The van der Waals surface area contributed by atoms with E-state index in [2.05, 4.69) is 21.9 Å². The van der Waals surface area contributed by atoms with Crippen LogP contribution in [0.5, 0.6) is 17.2 Å². The number of pyridine rings is 1. The van der Waals surface area contributed by atoms with E-state index in [4.69, 9.17) is 19.2 Å². The van der Waals surface area contributed by atoms with Gasteiger partial charge < -0.3 is 29.7 Å². The maximum Gasteiger partial charge on any atom is 0.413 e. The SMILES string of the molecule is C=C[C@@H]1C[C@]1(NC(=O)[C@@H]1C[C@@H](Oc2cc(-c3ccccc3)nc3cc(OC)ccc23)CN1C(=O)[C@@H](NC(=O)Oc1ccccc1)C(C)(C)C)C(=O)NS(=O)(=O)C1CC1. The number of sulfonamides is 1. The average Bonchev–Trinajstić information content (AvgIpc) is 4.13. The van der Waals surface area contributed by atoms with Crippen molar-refractivity contribution in [1.29, 1.82) is 0 Å². The number of nitrogens with zero attached hydrogens (tertiary/aromatic N) is 2. The second-order valence-corrected chi connectivity index (χ2v) is 18.0. The molecule has 58 heavy (non-hydrogen) atoms. The number of aromatic nitrogens is 1. The number of para-hydroxylation sites is 1. The predicted octanol–water partition coefficient (Wildman–Crippen LogP) is 5.13. The van der Waals surface area contributed by atoms with Crippen molar-refractivity contribution in [2.75, 3.05) is 13.7 Å². The third-order valence-electron chi connectivity index (χ3n) is 10.8. The molecule has 3 aliphatic rings. The largest absolute Gasteiger partial charge is 0.497 e. The quantitative estimate of drug-likeness (QED) is 0.153. The second kappa shape index (κ2) is 15.8. The highest BCUT2D eigenvalue weighted by molar-refractivity contribution is 7.91. The molecular weight excluding hydrogens is 763 g/mol. The van der Waals surface area contributed by atoms with Gasteiger partial charge in [0.05, 0.1) is 30.1 Å². The first-order valence-electron chi connectivity index (χ1n) is 19.2. The van der Waals surface area contributed by atoms with Crippen molar-refractivity contribution < 1.29 is 41.8 Å². The monoisotopic (exact) mass is 809 g/mol. The molecule has 0 radical (unpaired) electrons. The zero-order chi connectivity index (χ0) is 41.4. The Morgan fingerprint density at radius 1 is 0.966 bits per heavy atom. The van der Waals surface area contributed by atoms with E-state index in [0.717, 1.165) is 5.56 Å². The molecule has 1 aromatic heterocycles. The highest BCUT2D eigenvalue weighted by Gasteiger charge is 2.62. The summed E-state index contributed by atoms with van der Waals surface area (Å²) < 4.78 is 45.4. The van der Waals surface area contributed by atoms with Crippen LogP contribution in [0.3, 0.4) is 0 Å². The topological polar surface area (TPSA) is 182 Å². The Morgan fingerprint density at radius 3 is 2.28 bits per heavy atom. The fourth-order valence-electron chi connectivity index (χ4n) is 7.29. The molecular formula is C43H47N5O9S. The number of likely N-dealkylation sites (tertiary alicyclic amines) is 1. The number of methoxy groups -OCH3 is 1. The predicted molar refractivity (Wildman–Crippen MR) is 216 cm³/mol. The van der Waals surface area contributed by atoms with E-state index >= 15 is 0 Å². The molecule has 1 saturated heterocycles. The molecule has 15 heteroatoms. The number of benzene rings is 3. The highest BCUT2D eigenvalue weighted by Crippen LogP contribution is 2.46. The molecule has 3 aromatic carbocycles. The van der Waals surface area contributed by atoms with Gasteiger partial charge in [-0.1, -0.05) is 75.4 Å². The number of ether oxygens (including phenoxy) is 3. The van der Waals surface area contributed by atoms with Crippen molar-refractivity contribution in [2.24, 2.45) is 11.3 Å². The summed E-state index contributed by atoms with van der Waals surface area (Å²) >= 11 is 0. The summed E-state index contributed by atoms with van der Waals surface area (Å²) in [5.41, 5.74) is -0.375. The van der Waals surface area contributed by atoms with Crippen molar-refractivity contribution in [3.63, 3.8) is 0 Å². The van der Waals surface area contributed by atoms with Crippen LogP contribution in [-0.2, 0) is 24.4 Å². The summed E-state index contributed by atoms with van der Waals surface area (Å²) in [4.78, 5) is 62.3. The summed E-state index contributed by atoms with van der Waals surface area (Å²) in [5.74, 6) is -1.34. The Morgan fingerprint density at radius 2 is 1.66 bits per heavy atom. The second-order valence-electron chi connectivity index (χ2n) is 16.1. The van der Waals surface area contributed by atoms with Crippen LogP contribution in [0.1, 0.15) is 46.5 Å². The van der Waals surface area contributed by atoms with E-state index in [1.807, 2.05) is 36.4 Å². The molecule has 0 bridgehead atoms. The van der Waals surface area contributed by atoms with Gasteiger partial charge in [0.2, 0.25) is 21.8 Å². The Labute approximate surface area is 337 Å². The van der Waals surface area contributed by atoms with Gasteiger partial charge >= 0.3 is 6.09 Å². The first-order chi connectivity index (χ1) is 27.6. The molecule has 4 amide bonds. The van der Waals surface area contributed by atoms with Gasteiger partial charge in [0, 0.05) is 35.4 Å². The summed E-state index contributed by atoms with van der Waals surface area (Å²) in [7, 11) is -2.36. The lowest BCUT2D eigenvalue weighted by Crippen LogP contribution is -2.60. The van der Waals surface area contributed by atoms with Crippen molar-refractivity contribution in [1.82, 2.24) is 25.2 Å². The van der Waals surface area contributed by atoms with Crippen LogP contribution in [0.2, 0.25) is 0 Å². The smallest absolute Gasteiger partial charge is 0.413 e. The fraction of sp³-hybridized carbons (Fsp3) is 0.372. The number of hydrogen-bond acceptors (Lipinski definition) is 10. The molecule has 3 N–H and O–H groups in total. The van der Waals surface area contributed by atoms with E-state index in [1.165, 1.54) is 11.0 Å². The van der Waals surface area contributed by atoms with E-state index < -0.39 is 74.1 Å². The van der Waals surface area contributed by atoms with Gasteiger partial charge in [-0.15, -0.1) is 6.58 Å². The molecule has 3 fully saturated rings. The lowest BCUT2D eigenvalue weighted by Gasteiger charge is -2.35. The van der Waals surface area contributed by atoms with E-state index in [-0.39, 0.29) is 25.1 Å². The number of carbonyl (C=O) groups excluding carboxylic acids is 4. The van der Waals surface area contributed by atoms with Crippen LogP contribution >= 0.6 is 0 Å². The lowest BCUT2D eigenvalue weighted by atomic mass is 9.85. The Hall–Kier alpha value is -5.96. The zero-order valence-corrected chi connectivity index (χ0v) is 33.6. The third-order valence-corrected chi connectivity index (χ3v) is 12.6. The van der Waals surface area contributed by atoms with Crippen molar-refractivity contribution in [3.8, 4) is 28.5 Å². The summed E-state index contributed by atoms with van der Waals surface area (Å²) in [6.45, 7) is 9.05. The van der Waals surface area contributed by atoms with Crippen molar-refractivity contribution in [2.45, 2.75) is 75.4 Å². The number of rotatable bonds is 13. The summed E-state index contributed by atoms with van der Waals surface area (Å²) in [6.07, 6.45) is 0.909. The first-order valence-corrected chi connectivity index (χ1v) is 20.7. The Kier molecular flexibility index (Phi) is 10.9. The van der Waals surface area contributed by atoms with Gasteiger partial charge in [-0.05, 0) is 48.9 Å². The number of hydrogen-bond donors (Lipinski definition) is 3. The lowest BCUT2D eigenvalue weighted by molar-refractivity contribution is -0.142. The van der Waals surface area contributed by atoms with Crippen LogP contribution in [0.4, 0.5) is 4.79 Å². The van der Waals surface area contributed by atoms with Gasteiger partial charge in [0.25, 0.3) is 5.91 Å². The van der Waals surface area contributed by atoms with E-state index in [1.54, 1.807) is 76.4 Å². The van der Waals surface area contributed by atoms with Gasteiger partial charge in [-0.3, -0.25) is 19.1 Å². The van der Waals surface area contributed by atoms with Gasteiger partial charge in [-0.25, -0.2) is 18.2 Å². The molecule has 0 unspecified atom stereocenters. The fourth-order valence-corrected chi connectivity index (χ4v) is 8.65. The van der Waals surface area contributed by atoms with Gasteiger partial charge in [-0.2, -0.15) is 0 Å². The molecule has 304 valence electrons. The van der Waals surface area contributed by atoms with Crippen LogP contribution < -0.4 is 29.6 Å². The molecule has 2 saturated carbocycles. The molecule has 5 atom stereocenters. The van der Waals surface area contributed by atoms with Crippen LogP contribution in [0.15, 0.2) is 97.6 Å². The zero-order valence-electron chi connectivity index (χ0n) is 32.8. The Bertz CT molecular complexity index is 2350. The van der Waals surface area contributed by atoms with Crippen molar-refractivity contribution >= 4 is 44.7 Å².